The minimum Gasteiger partial charge on any atom is -0.379 e. The maximum atomic E-state index is 7.50. The molecule has 0 atom stereocenters. The van der Waals surface area contributed by atoms with E-state index in [1.807, 2.05) is 56.6 Å². The van der Waals surface area contributed by atoms with Crippen LogP contribution in [0.15, 0.2) is 54.6 Å². The Hall–Kier alpha value is -1.76. The van der Waals surface area contributed by atoms with Gasteiger partial charge >= 0.3 is 39.7 Å². The van der Waals surface area contributed by atoms with Crippen molar-refractivity contribution in [3.8, 4) is 0 Å². The summed E-state index contributed by atoms with van der Waals surface area (Å²) in [5.41, 5.74) is 2.28. The largest absolute Gasteiger partial charge is 2.00 e. The number of anilines is 1. The first-order valence-corrected chi connectivity index (χ1v) is 5.37. The molecule has 0 aliphatic heterocycles. The Morgan fingerprint density at radius 3 is 1.60 bits per heavy atom. The average molecular weight is 311 g/mol. The topological polar surface area (TPSA) is 43.0 Å². The van der Waals surface area contributed by atoms with Crippen molar-refractivity contribution in [2.24, 2.45) is 0 Å². The van der Waals surface area contributed by atoms with Crippen LogP contribution in [0.1, 0.15) is 5.56 Å². The van der Waals surface area contributed by atoms with Crippen molar-refractivity contribution >= 4 is 5.69 Å². The van der Waals surface area contributed by atoms with E-state index < -0.39 is 0 Å². The zero-order chi connectivity index (χ0) is 15.1. The van der Waals surface area contributed by atoms with Gasteiger partial charge in [-0.05, 0) is 0 Å². The van der Waals surface area contributed by atoms with Gasteiger partial charge in [0.25, 0.3) is 0 Å². The van der Waals surface area contributed by atoms with Gasteiger partial charge in [0.2, 0.25) is 0 Å². The molecule has 0 unspecified atom stereocenters. The molecule has 0 aromatic heterocycles. The molecule has 0 saturated heterocycles. The Bertz CT molecular complexity index is 407. The van der Waals surface area contributed by atoms with Crippen molar-refractivity contribution in [3.63, 3.8) is 0 Å². The number of nitrogens with zero attached hydrogens (tertiary/aromatic N) is 1. The van der Waals surface area contributed by atoms with Crippen LogP contribution in [-0.4, -0.2) is 14.1 Å². The Morgan fingerprint density at radius 1 is 0.950 bits per heavy atom. The van der Waals surface area contributed by atoms with E-state index in [1.54, 1.807) is 0 Å². The molecule has 0 radical (unpaired) electrons. The van der Waals surface area contributed by atoms with Crippen LogP contribution in [0.4, 0.5) is 5.69 Å². The molecule has 0 aliphatic carbocycles. The molecule has 20 heavy (non-hydrogen) atoms. The quantitative estimate of drug-likeness (QED) is 0.453. The van der Waals surface area contributed by atoms with E-state index >= 15 is 0 Å². The van der Waals surface area contributed by atoms with Crippen LogP contribution < -0.4 is 4.90 Å². The third kappa shape index (κ3) is 12.7. The zero-order valence-corrected chi connectivity index (χ0v) is 12.6. The zero-order valence-electron chi connectivity index (χ0n) is 11.5. The molecule has 2 aromatic carbocycles. The van der Waals surface area contributed by atoms with Gasteiger partial charge in [0.05, 0.1) is 0 Å². The second-order valence-electron chi connectivity index (χ2n) is 3.52. The molecule has 4 heteroatoms. The standard InChI is InChI=1S/C9H12N.C5H5.2CO.Fe/c1-8-4-6-9(7-5-8)10(2)3;1-2-4-5-3-1;2*1-2;/h4-7H,1H2,2-3H3;1-5H;;;/q2*-1;;;+2. The summed E-state index contributed by atoms with van der Waals surface area (Å²) in [5, 5.41) is 0. The fraction of sp³-hybridized carbons (Fsp3) is 0.125. The van der Waals surface area contributed by atoms with Crippen molar-refractivity contribution in [2.75, 3.05) is 19.0 Å². The van der Waals surface area contributed by atoms with E-state index in [9.17, 15) is 0 Å². The maximum absolute atomic E-state index is 7.50. The van der Waals surface area contributed by atoms with Crippen molar-refractivity contribution in [1.82, 2.24) is 0 Å². The van der Waals surface area contributed by atoms with E-state index in [1.165, 1.54) is 5.69 Å². The van der Waals surface area contributed by atoms with Crippen molar-refractivity contribution in [2.45, 2.75) is 0 Å². The Kier molecular flexibility index (Phi) is 20.1. The normalized spacial score (nSPS) is 6.90. The minimum absolute atomic E-state index is 0. The Labute approximate surface area is 131 Å². The third-order valence-corrected chi connectivity index (χ3v) is 2.01. The summed E-state index contributed by atoms with van der Waals surface area (Å²) < 4.78 is 15.0. The molecule has 0 heterocycles. The third-order valence-electron chi connectivity index (χ3n) is 2.01. The molecular weight excluding hydrogens is 294 g/mol. The Balaban J connectivity index is -0.000000246. The van der Waals surface area contributed by atoms with E-state index in [4.69, 9.17) is 9.30 Å². The summed E-state index contributed by atoms with van der Waals surface area (Å²) >= 11 is 0. The fourth-order valence-electron chi connectivity index (χ4n) is 1.11. The van der Waals surface area contributed by atoms with Crippen LogP contribution in [0, 0.1) is 20.2 Å². The molecule has 3 nitrogen and oxygen atoms in total. The first kappa shape index (κ1) is 23.3. The van der Waals surface area contributed by atoms with Gasteiger partial charge in [-0.1, -0.05) is 12.1 Å². The van der Waals surface area contributed by atoms with Crippen LogP contribution in [0.3, 0.4) is 0 Å². The fourth-order valence-corrected chi connectivity index (χ4v) is 1.11. The second kappa shape index (κ2) is 17.2. The molecular formula is C16H17FeNO2. The van der Waals surface area contributed by atoms with Crippen LogP contribution in [0.2, 0.25) is 0 Å². The van der Waals surface area contributed by atoms with Crippen LogP contribution in [-0.2, 0) is 26.4 Å². The molecule has 0 aliphatic rings. The summed E-state index contributed by atoms with van der Waals surface area (Å²) in [7, 11) is 4.05. The van der Waals surface area contributed by atoms with E-state index in [2.05, 4.69) is 37.3 Å². The summed E-state index contributed by atoms with van der Waals surface area (Å²) in [4.78, 5) is 2.07. The molecule has 0 fully saturated rings. The number of rotatable bonds is 1. The number of hydrogen-bond donors (Lipinski definition) is 0. The molecule has 2 rings (SSSR count). The van der Waals surface area contributed by atoms with Crippen LogP contribution >= 0.6 is 0 Å². The monoisotopic (exact) mass is 311 g/mol. The van der Waals surface area contributed by atoms with Gasteiger partial charge in [-0.15, -0.1) is 0 Å². The van der Waals surface area contributed by atoms with Gasteiger partial charge in [0.1, 0.15) is 0 Å². The minimum atomic E-state index is 0. The molecule has 106 valence electrons. The van der Waals surface area contributed by atoms with Crippen LogP contribution in [0.25, 0.3) is 0 Å². The first-order chi connectivity index (χ1) is 9.20. The second-order valence-corrected chi connectivity index (χ2v) is 3.52. The summed E-state index contributed by atoms with van der Waals surface area (Å²) in [6, 6.07) is 18.1. The summed E-state index contributed by atoms with van der Waals surface area (Å²) in [6.07, 6.45) is 0. The van der Waals surface area contributed by atoms with Crippen molar-refractivity contribution < 1.29 is 26.4 Å². The molecule has 0 N–H and O–H groups in total. The molecule has 2 aromatic rings. The van der Waals surface area contributed by atoms with Crippen molar-refractivity contribution in [1.29, 1.82) is 0 Å². The van der Waals surface area contributed by atoms with Gasteiger partial charge in [-0.3, -0.25) is 0 Å². The van der Waals surface area contributed by atoms with Gasteiger partial charge < -0.3 is 4.90 Å². The maximum Gasteiger partial charge on any atom is 2.00 e. The van der Waals surface area contributed by atoms with E-state index in [0.717, 1.165) is 5.56 Å². The van der Waals surface area contributed by atoms with Gasteiger partial charge in [0, 0.05) is 19.8 Å². The molecule has 0 spiro atoms. The predicted octanol–water partition coefficient (Wildman–Crippen LogP) is 3.26. The van der Waals surface area contributed by atoms with Gasteiger partial charge in [0.15, 0.2) is 0 Å². The van der Waals surface area contributed by atoms with Gasteiger partial charge in [-0.2, -0.15) is 42.8 Å². The van der Waals surface area contributed by atoms with E-state index in [-0.39, 0.29) is 17.1 Å². The molecule has 0 saturated carbocycles. The van der Waals surface area contributed by atoms with Gasteiger partial charge in [-0.25, -0.2) is 12.1 Å². The predicted molar refractivity (Wildman–Crippen MR) is 75.1 cm³/mol. The smallest absolute Gasteiger partial charge is 0.379 e. The molecule has 0 bridgehead atoms. The summed E-state index contributed by atoms with van der Waals surface area (Å²) in [5.74, 6) is 0. The average Bonchev–Trinajstić information content (AvgIpc) is 3.03. The number of hydrogen-bond acceptors (Lipinski definition) is 1. The van der Waals surface area contributed by atoms with E-state index in [0.29, 0.717) is 0 Å². The van der Waals surface area contributed by atoms with Crippen LogP contribution in [0.5, 0.6) is 0 Å². The van der Waals surface area contributed by atoms with Crippen molar-refractivity contribution in [3.05, 3.63) is 80.4 Å². The Morgan fingerprint density at radius 2 is 1.35 bits per heavy atom. The summed E-state index contributed by atoms with van der Waals surface area (Å²) in [6.45, 7) is 12.8. The first-order valence-electron chi connectivity index (χ1n) is 5.37. The SMILES string of the molecule is [C-]#[O+].[C-]#[O+].[CH2-]c1ccc(N(C)C)cc1.[Fe+2].c1cc[cH-]c1. The number of benzene rings is 1. The molecule has 0 amide bonds.